The van der Waals surface area contributed by atoms with E-state index in [1.165, 1.54) is 0 Å². The SMILES string of the molecule is CN(C)CC1CCCN1C(=O)N1CCSCC1CC(=O)O. The summed E-state index contributed by atoms with van der Waals surface area (Å²) in [6.45, 7) is 2.32. The second-order valence-corrected chi connectivity index (χ2v) is 7.20. The van der Waals surface area contributed by atoms with Crippen molar-refractivity contribution in [2.45, 2.75) is 31.3 Å². The van der Waals surface area contributed by atoms with Crippen molar-refractivity contribution in [2.75, 3.05) is 45.2 Å². The molecule has 6 nitrogen and oxygen atoms in total. The van der Waals surface area contributed by atoms with Gasteiger partial charge in [0.15, 0.2) is 0 Å². The lowest BCUT2D eigenvalue weighted by Crippen LogP contribution is -2.54. The maximum Gasteiger partial charge on any atom is 0.320 e. The fraction of sp³-hybridized carbons (Fsp3) is 0.857. The van der Waals surface area contributed by atoms with E-state index in [2.05, 4.69) is 4.90 Å². The number of likely N-dealkylation sites (tertiary alicyclic amines) is 1. The smallest absolute Gasteiger partial charge is 0.320 e. The standard InChI is InChI=1S/C14H25N3O3S/c1-15(2)9-11-4-3-5-16(11)14(20)17-6-7-21-10-12(17)8-13(18)19/h11-12H,3-10H2,1-2H3,(H,18,19). The monoisotopic (exact) mass is 315 g/mol. The van der Waals surface area contributed by atoms with E-state index in [0.717, 1.165) is 37.4 Å². The third-order valence-corrected chi connectivity index (χ3v) is 5.17. The fourth-order valence-electron chi connectivity index (χ4n) is 3.14. The Labute approximate surface area is 130 Å². The summed E-state index contributed by atoms with van der Waals surface area (Å²) in [5.74, 6) is 0.796. The molecule has 1 N–H and O–H groups in total. The van der Waals surface area contributed by atoms with Crippen LogP contribution in [-0.4, -0.2) is 89.1 Å². The lowest BCUT2D eigenvalue weighted by molar-refractivity contribution is -0.138. The van der Waals surface area contributed by atoms with Gasteiger partial charge in [-0.3, -0.25) is 4.79 Å². The lowest BCUT2D eigenvalue weighted by Gasteiger charge is -2.39. The van der Waals surface area contributed by atoms with E-state index in [0.29, 0.717) is 6.54 Å². The number of rotatable bonds is 4. The topological polar surface area (TPSA) is 64.1 Å². The molecule has 21 heavy (non-hydrogen) atoms. The molecular weight excluding hydrogens is 290 g/mol. The molecule has 0 aromatic rings. The van der Waals surface area contributed by atoms with Crippen molar-refractivity contribution in [3.05, 3.63) is 0 Å². The number of urea groups is 1. The van der Waals surface area contributed by atoms with Gasteiger partial charge in [0.05, 0.1) is 12.5 Å². The highest BCUT2D eigenvalue weighted by Gasteiger charge is 2.36. The normalized spacial score (nSPS) is 26.4. The quantitative estimate of drug-likeness (QED) is 0.839. The molecule has 2 aliphatic heterocycles. The van der Waals surface area contributed by atoms with Crippen LogP contribution in [0.1, 0.15) is 19.3 Å². The molecule has 0 aliphatic carbocycles. The predicted molar refractivity (Wildman–Crippen MR) is 83.7 cm³/mol. The first-order chi connectivity index (χ1) is 9.99. The number of likely N-dealkylation sites (N-methyl/N-ethyl adjacent to an activating group) is 1. The van der Waals surface area contributed by atoms with Crippen LogP contribution in [0.15, 0.2) is 0 Å². The van der Waals surface area contributed by atoms with Gasteiger partial charge in [0.1, 0.15) is 0 Å². The minimum absolute atomic E-state index is 0.0332. The highest BCUT2D eigenvalue weighted by Crippen LogP contribution is 2.25. The minimum Gasteiger partial charge on any atom is -0.481 e. The summed E-state index contributed by atoms with van der Waals surface area (Å²) < 4.78 is 0. The second-order valence-electron chi connectivity index (χ2n) is 6.05. The lowest BCUT2D eigenvalue weighted by atomic mass is 10.2. The van der Waals surface area contributed by atoms with Crippen LogP contribution >= 0.6 is 11.8 Å². The molecule has 0 spiro atoms. The molecule has 0 radical (unpaired) electrons. The Kier molecular flexibility index (Phi) is 5.75. The Balaban J connectivity index is 2.03. The van der Waals surface area contributed by atoms with E-state index in [4.69, 9.17) is 5.11 Å². The van der Waals surface area contributed by atoms with Gasteiger partial charge >= 0.3 is 12.0 Å². The molecule has 2 saturated heterocycles. The van der Waals surface area contributed by atoms with E-state index in [-0.39, 0.29) is 24.5 Å². The fourth-order valence-corrected chi connectivity index (χ4v) is 4.20. The van der Waals surface area contributed by atoms with Crippen LogP contribution in [-0.2, 0) is 4.79 Å². The maximum atomic E-state index is 12.8. The number of carboxylic acids is 1. The van der Waals surface area contributed by atoms with Crippen molar-refractivity contribution in [3.8, 4) is 0 Å². The van der Waals surface area contributed by atoms with Gasteiger partial charge in [-0.15, -0.1) is 0 Å². The van der Waals surface area contributed by atoms with Gasteiger partial charge in [-0.2, -0.15) is 11.8 Å². The molecular formula is C14H25N3O3S. The maximum absolute atomic E-state index is 12.8. The van der Waals surface area contributed by atoms with Crippen LogP contribution in [0.2, 0.25) is 0 Å². The number of hydrogen-bond donors (Lipinski definition) is 1. The molecule has 0 saturated carbocycles. The zero-order chi connectivity index (χ0) is 15.4. The van der Waals surface area contributed by atoms with Crippen LogP contribution in [0.4, 0.5) is 4.79 Å². The van der Waals surface area contributed by atoms with Crippen molar-refractivity contribution in [2.24, 2.45) is 0 Å². The molecule has 0 aromatic carbocycles. The number of aliphatic carboxylic acids is 1. The number of nitrogens with zero attached hydrogens (tertiary/aromatic N) is 3. The number of thioether (sulfide) groups is 1. The highest BCUT2D eigenvalue weighted by molar-refractivity contribution is 7.99. The predicted octanol–water partition coefficient (Wildman–Crippen LogP) is 1.02. The zero-order valence-electron chi connectivity index (χ0n) is 12.8. The molecule has 0 aromatic heterocycles. The van der Waals surface area contributed by atoms with E-state index in [1.807, 2.05) is 19.0 Å². The van der Waals surface area contributed by atoms with Crippen molar-refractivity contribution in [3.63, 3.8) is 0 Å². The summed E-state index contributed by atoms with van der Waals surface area (Å²) in [4.78, 5) is 29.7. The summed E-state index contributed by atoms with van der Waals surface area (Å²) in [5, 5.41) is 9.03. The average molecular weight is 315 g/mol. The van der Waals surface area contributed by atoms with Crippen LogP contribution in [0.25, 0.3) is 0 Å². The first-order valence-corrected chi connectivity index (χ1v) is 8.66. The molecule has 7 heteroatoms. The van der Waals surface area contributed by atoms with Gasteiger partial charge in [-0.25, -0.2) is 4.79 Å². The largest absolute Gasteiger partial charge is 0.481 e. The Morgan fingerprint density at radius 1 is 1.24 bits per heavy atom. The number of carboxylic acid groups (broad SMARTS) is 1. The van der Waals surface area contributed by atoms with Crippen molar-refractivity contribution >= 4 is 23.8 Å². The van der Waals surface area contributed by atoms with Crippen molar-refractivity contribution in [1.29, 1.82) is 0 Å². The van der Waals surface area contributed by atoms with E-state index in [9.17, 15) is 9.59 Å². The molecule has 2 atom stereocenters. The molecule has 120 valence electrons. The van der Waals surface area contributed by atoms with Crippen molar-refractivity contribution in [1.82, 2.24) is 14.7 Å². The summed E-state index contributed by atoms with van der Waals surface area (Å²) in [6.07, 6.45) is 2.12. The average Bonchev–Trinajstić information content (AvgIpc) is 2.85. The molecule has 2 unspecified atom stereocenters. The summed E-state index contributed by atoms with van der Waals surface area (Å²) >= 11 is 1.74. The van der Waals surface area contributed by atoms with Crippen molar-refractivity contribution < 1.29 is 14.7 Å². The zero-order valence-corrected chi connectivity index (χ0v) is 13.6. The Bertz CT molecular complexity index is 392. The van der Waals surface area contributed by atoms with Gasteiger partial charge < -0.3 is 19.8 Å². The first kappa shape index (κ1) is 16.4. The van der Waals surface area contributed by atoms with Crippen LogP contribution < -0.4 is 0 Å². The molecule has 2 fully saturated rings. The number of amides is 2. The molecule has 2 amide bonds. The number of hydrogen-bond acceptors (Lipinski definition) is 4. The molecule has 2 heterocycles. The third kappa shape index (κ3) is 4.26. The summed E-state index contributed by atoms with van der Waals surface area (Å²) in [7, 11) is 4.04. The molecule has 2 aliphatic rings. The highest BCUT2D eigenvalue weighted by atomic mass is 32.2. The first-order valence-electron chi connectivity index (χ1n) is 7.50. The minimum atomic E-state index is -0.827. The number of carbonyl (C=O) groups is 2. The van der Waals surface area contributed by atoms with Crippen LogP contribution in [0.5, 0.6) is 0 Å². The van der Waals surface area contributed by atoms with Gasteiger partial charge in [0.25, 0.3) is 0 Å². The third-order valence-electron chi connectivity index (χ3n) is 4.08. The van der Waals surface area contributed by atoms with E-state index >= 15 is 0 Å². The molecule has 2 rings (SSSR count). The van der Waals surface area contributed by atoms with Crippen LogP contribution in [0, 0.1) is 0 Å². The Morgan fingerprint density at radius 3 is 2.62 bits per heavy atom. The van der Waals surface area contributed by atoms with Gasteiger partial charge in [0, 0.05) is 37.2 Å². The summed E-state index contributed by atoms with van der Waals surface area (Å²) in [6, 6.07) is 0.118. The second kappa shape index (κ2) is 7.35. The van der Waals surface area contributed by atoms with E-state index in [1.54, 1.807) is 16.7 Å². The van der Waals surface area contributed by atoms with Gasteiger partial charge in [-0.1, -0.05) is 0 Å². The number of carbonyl (C=O) groups excluding carboxylic acids is 1. The molecule has 0 bridgehead atoms. The van der Waals surface area contributed by atoms with E-state index < -0.39 is 5.97 Å². The van der Waals surface area contributed by atoms with Crippen LogP contribution in [0.3, 0.4) is 0 Å². The Morgan fingerprint density at radius 2 is 1.95 bits per heavy atom. The van der Waals surface area contributed by atoms with Gasteiger partial charge in [0.2, 0.25) is 0 Å². The van der Waals surface area contributed by atoms with Gasteiger partial charge in [-0.05, 0) is 26.9 Å². The summed E-state index contributed by atoms with van der Waals surface area (Å²) in [5.41, 5.74) is 0. The Hall–Kier alpha value is -0.950.